The number of piperidine rings is 1. The zero-order chi connectivity index (χ0) is 14.8. The van der Waals surface area contributed by atoms with E-state index in [1.165, 1.54) is 19.3 Å². The molecule has 1 aromatic carbocycles. The molecule has 2 unspecified atom stereocenters. The van der Waals surface area contributed by atoms with Gasteiger partial charge in [0.05, 0.1) is 7.11 Å². The summed E-state index contributed by atoms with van der Waals surface area (Å²) in [7, 11) is 1.71. The molecule has 1 aliphatic rings. The summed E-state index contributed by atoms with van der Waals surface area (Å²) in [6, 6.07) is 9.14. The lowest BCUT2D eigenvalue weighted by Crippen LogP contribution is -2.47. The van der Waals surface area contributed by atoms with Crippen molar-refractivity contribution in [2.45, 2.75) is 45.2 Å². The monoisotopic (exact) mass is 285 g/mol. The van der Waals surface area contributed by atoms with Crippen molar-refractivity contribution in [1.29, 1.82) is 0 Å². The van der Waals surface area contributed by atoms with Crippen molar-refractivity contribution in [2.75, 3.05) is 12.5 Å². The Hall–Kier alpha value is -1.81. The lowest BCUT2D eigenvalue weighted by atomic mass is 10.00. The third-order valence-electron chi connectivity index (χ3n) is 4.41. The zero-order valence-corrected chi connectivity index (χ0v) is 13.0. The Balaban J connectivity index is 1.97. The number of benzene rings is 1. The molecule has 1 aromatic heterocycles. The number of aromatic nitrogens is 1. The van der Waals surface area contributed by atoms with Gasteiger partial charge in [-0.05, 0) is 38.8 Å². The summed E-state index contributed by atoms with van der Waals surface area (Å²) in [6.07, 6.45) is 5.60. The minimum atomic E-state index is 0.524. The van der Waals surface area contributed by atoms with Crippen LogP contribution < -0.4 is 10.2 Å². The van der Waals surface area contributed by atoms with Crippen LogP contribution in [-0.4, -0.2) is 29.2 Å². The molecule has 2 aromatic rings. The number of nitrogens with zero attached hydrogens (tertiary/aromatic N) is 2. The van der Waals surface area contributed by atoms with Crippen molar-refractivity contribution in [3.8, 4) is 5.75 Å². The van der Waals surface area contributed by atoms with Gasteiger partial charge in [-0.1, -0.05) is 18.6 Å². The first kappa shape index (κ1) is 14.1. The van der Waals surface area contributed by atoms with Gasteiger partial charge in [-0.15, -0.1) is 0 Å². The SMILES string of the molecule is COc1cccc2c(NN3C(C)CCCC3C)nccc12. The Bertz CT molecular complexity index is 618. The standard InChI is InChI=1S/C17H23N3O/c1-12-6-4-7-13(2)20(12)19-17-15-8-5-9-16(21-3)14(15)10-11-18-17/h5,8-13H,4,6-7H2,1-3H3,(H,18,19). The van der Waals surface area contributed by atoms with Gasteiger partial charge in [-0.25, -0.2) is 9.99 Å². The van der Waals surface area contributed by atoms with Crippen LogP contribution >= 0.6 is 0 Å². The lowest BCUT2D eigenvalue weighted by molar-refractivity contribution is 0.135. The van der Waals surface area contributed by atoms with E-state index in [9.17, 15) is 0 Å². The predicted molar refractivity (Wildman–Crippen MR) is 86.5 cm³/mol. The van der Waals surface area contributed by atoms with E-state index in [-0.39, 0.29) is 0 Å². The van der Waals surface area contributed by atoms with Crippen molar-refractivity contribution in [2.24, 2.45) is 0 Å². The lowest BCUT2D eigenvalue weighted by Gasteiger charge is -2.39. The van der Waals surface area contributed by atoms with E-state index in [1.54, 1.807) is 7.11 Å². The number of hydrogen-bond donors (Lipinski definition) is 1. The Kier molecular flexibility index (Phi) is 3.97. The van der Waals surface area contributed by atoms with Gasteiger partial charge in [0.25, 0.3) is 0 Å². The minimum absolute atomic E-state index is 0.524. The number of rotatable bonds is 3. The summed E-state index contributed by atoms with van der Waals surface area (Å²) < 4.78 is 5.45. The highest BCUT2D eigenvalue weighted by Gasteiger charge is 2.25. The smallest absolute Gasteiger partial charge is 0.148 e. The predicted octanol–water partition coefficient (Wildman–Crippen LogP) is 3.83. The van der Waals surface area contributed by atoms with E-state index >= 15 is 0 Å². The first-order valence-electron chi connectivity index (χ1n) is 7.67. The molecule has 0 bridgehead atoms. The highest BCUT2D eigenvalue weighted by atomic mass is 16.5. The van der Waals surface area contributed by atoms with Gasteiger partial charge in [0, 0.05) is 29.1 Å². The molecule has 0 radical (unpaired) electrons. The number of pyridine rings is 1. The second-order valence-electron chi connectivity index (χ2n) is 5.86. The molecule has 0 amide bonds. The number of ether oxygens (including phenoxy) is 1. The van der Waals surface area contributed by atoms with Crippen molar-refractivity contribution < 1.29 is 4.74 Å². The van der Waals surface area contributed by atoms with Gasteiger partial charge in [0.15, 0.2) is 0 Å². The summed E-state index contributed by atoms with van der Waals surface area (Å²) in [6.45, 7) is 4.54. The first-order valence-corrected chi connectivity index (χ1v) is 7.67. The summed E-state index contributed by atoms with van der Waals surface area (Å²) in [5, 5.41) is 4.53. The van der Waals surface area contributed by atoms with E-state index in [2.05, 4.69) is 35.3 Å². The Labute approximate surface area is 126 Å². The molecule has 2 heterocycles. The average molecular weight is 285 g/mol. The van der Waals surface area contributed by atoms with Gasteiger partial charge in [0.1, 0.15) is 11.6 Å². The van der Waals surface area contributed by atoms with Crippen LogP contribution in [0, 0.1) is 0 Å². The highest BCUT2D eigenvalue weighted by molar-refractivity contribution is 5.95. The van der Waals surface area contributed by atoms with Crippen LogP contribution in [0.25, 0.3) is 10.8 Å². The van der Waals surface area contributed by atoms with Crippen LogP contribution in [0.5, 0.6) is 5.75 Å². The van der Waals surface area contributed by atoms with Crippen LogP contribution in [0.2, 0.25) is 0 Å². The van der Waals surface area contributed by atoms with E-state index in [1.807, 2.05) is 24.4 Å². The number of nitrogens with one attached hydrogen (secondary N) is 1. The van der Waals surface area contributed by atoms with Gasteiger partial charge in [-0.3, -0.25) is 0 Å². The number of hydrazine groups is 1. The Morgan fingerprint density at radius 3 is 2.62 bits per heavy atom. The number of methoxy groups -OCH3 is 1. The molecule has 112 valence electrons. The number of anilines is 1. The topological polar surface area (TPSA) is 37.4 Å². The van der Waals surface area contributed by atoms with Crippen molar-refractivity contribution >= 4 is 16.6 Å². The number of fused-ring (bicyclic) bond motifs is 1. The molecular formula is C17H23N3O. The summed E-state index contributed by atoms with van der Waals surface area (Å²) >= 11 is 0. The normalized spacial score (nSPS) is 23.2. The maximum atomic E-state index is 5.45. The third-order valence-corrected chi connectivity index (χ3v) is 4.41. The highest BCUT2D eigenvalue weighted by Crippen LogP contribution is 2.31. The van der Waals surface area contributed by atoms with Gasteiger partial charge in [-0.2, -0.15) is 0 Å². The number of hydrogen-bond acceptors (Lipinski definition) is 4. The molecule has 1 saturated heterocycles. The molecule has 0 aliphatic carbocycles. The largest absolute Gasteiger partial charge is 0.496 e. The maximum absolute atomic E-state index is 5.45. The Morgan fingerprint density at radius 2 is 1.90 bits per heavy atom. The van der Waals surface area contributed by atoms with Crippen molar-refractivity contribution in [3.05, 3.63) is 30.5 Å². The van der Waals surface area contributed by atoms with Crippen molar-refractivity contribution in [3.63, 3.8) is 0 Å². The van der Waals surface area contributed by atoms with Gasteiger partial charge in [0.2, 0.25) is 0 Å². The van der Waals surface area contributed by atoms with Crippen LogP contribution in [-0.2, 0) is 0 Å². The van der Waals surface area contributed by atoms with Crippen LogP contribution in [0.3, 0.4) is 0 Å². The quantitative estimate of drug-likeness (QED) is 0.930. The molecule has 0 spiro atoms. The second-order valence-corrected chi connectivity index (χ2v) is 5.86. The van der Waals surface area contributed by atoms with Gasteiger partial charge >= 0.3 is 0 Å². The fourth-order valence-electron chi connectivity index (χ4n) is 3.21. The van der Waals surface area contributed by atoms with Crippen LogP contribution in [0.15, 0.2) is 30.5 Å². The van der Waals surface area contributed by atoms with Gasteiger partial charge < -0.3 is 10.2 Å². The third kappa shape index (κ3) is 2.68. The molecular weight excluding hydrogens is 262 g/mol. The second kappa shape index (κ2) is 5.90. The first-order chi connectivity index (χ1) is 10.2. The fraction of sp³-hybridized carbons (Fsp3) is 0.471. The molecule has 4 heteroatoms. The van der Waals surface area contributed by atoms with E-state index < -0.39 is 0 Å². The molecule has 1 aliphatic heterocycles. The summed E-state index contributed by atoms with van der Waals surface area (Å²) in [4.78, 5) is 4.54. The van der Waals surface area contributed by atoms with E-state index in [4.69, 9.17) is 4.74 Å². The molecule has 1 fully saturated rings. The molecule has 2 atom stereocenters. The van der Waals surface area contributed by atoms with E-state index in [0.29, 0.717) is 12.1 Å². The summed E-state index contributed by atoms with van der Waals surface area (Å²) in [5.41, 5.74) is 3.54. The molecule has 4 nitrogen and oxygen atoms in total. The fourth-order valence-corrected chi connectivity index (χ4v) is 3.21. The maximum Gasteiger partial charge on any atom is 0.148 e. The van der Waals surface area contributed by atoms with E-state index in [0.717, 1.165) is 22.3 Å². The minimum Gasteiger partial charge on any atom is -0.496 e. The molecule has 3 rings (SSSR count). The Morgan fingerprint density at radius 1 is 1.14 bits per heavy atom. The molecule has 1 N–H and O–H groups in total. The van der Waals surface area contributed by atoms with Crippen LogP contribution in [0.4, 0.5) is 5.82 Å². The summed E-state index contributed by atoms with van der Waals surface area (Å²) in [5.74, 6) is 1.80. The van der Waals surface area contributed by atoms with Crippen molar-refractivity contribution in [1.82, 2.24) is 9.99 Å². The molecule has 21 heavy (non-hydrogen) atoms. The average Bonchev–Trinajstić information content (AvgIpc) is 2.50. The van der Waals surface area contributed by atoms with Crippen LogP contribution in [0.1, 0.15) is 33.1 Å². The zero-order valence-electron chi connectivity index (χ0n) is 13.0. The molecule has 0 saturated carbocycles.